The fraction of sp³-hybridized carbons (Fsp3) is 0.912. The Morgan fingerprint density at radius 2 is 0.524 bits per heavy atom. The number of carbonyl (C=O) groups is 3. The van der Waals surface area contributed by atoms with Crippen LogP contribution in [0.15, 0.2) is 12.2 Å². The molecule has 0 fully saturated rings. The lowest BCUT2D eigenvalue weighted by Gasteiger charge is -2.18. The molecule has 0 amide bonds. The number of unbranched alkanes of at least 4 members (excludes halogenated alkanes) is 39. The van der Waals surface area contributed by atoms with Crippen LogP contribution in [0.1, 0.15) is 316 Å². The number of allylic oxidation sites excluding steroid dienone is 2. The molecule has 6 heteroatoms. The normalized spacial score (nSPS) is 12.0. The van der Waals surface area contributed by atoms with Gasteiger partial charge in [0.05, 0.1) is 0 Å². The first-order valence-electron chi connectivity index (χ1n) is 28.2. The van der Waals surface area contributed by atoms with Gasteiger partial charge in [0.15, 0.2) is 6.10 Å². The fourth-order valence-corrected chi connectivity index (χ4v) is 8.50. The van der Waals surface area contributed by atoms with Crippen molar-refractivity contribution in [1.82, 2.24) is 0 Å². The topological polar surface area (TPSA) is 78.9 Å². The van der Waals surface area contributed by atoms with Crippen molar-refractivity contribution in [2.45, 2.75) is 322 Å². The van der Waals surface area contributed by atoms with E-state index in [1.54, 1.807) is 0 Å². The van der Waals surface area contributed by atoms with Gasteiger partial charge >= 0.3 is 17.9 Å². The van der Waals surface area contributed by atoms with Gasteiger partial charge in [0.25, 0.3) is 0 Å². The number of rotatable bonds is 52. The number of esters is 3. The van der Waals surface area contributed by atoms with Crippen LogP contribution in [0.3, 0.4) is 0 Å². The second kappa shape index (κ2) is 52.8. The molecule has 0 bridgehead atoms. The Morgan fingerprint density at radius 1 is 0.302 bits per heavy atom. The van der Waals surface area contributed by atoms with Gasteiger partial charge in [-0.3, -0.25) is 14.4 Å². The molecule has 0 aromatic carbocycles. The van der Waals surface area contributed by atoms with Crippen molar-refractivity contribution in [3.05, 3.63) is 12.2 Å². The Balaban J connectivity index is 4.29. The third-order valence-corrected chi connectivity index (χ3v) is 12.8. The van der Waals surface area contributed by atoms with Crippen LogP contribution < -0.4 is 0 Å². The van der Waals surface area contributed by atoms with Crippen molar-refractivity contribution >= 4 is 17.9 Å². The molecule has 372 valence electrons. The second-order valence-corrected chi connectivity index (χ2v) is 19.2. The first-order valence-corrected chi connectivity index (χ1v) is 28.2. The Morgan fingerprint density at radius 3 is 0.825 bits per heavy atom. The largest absolute Gasteiger partial charge is 0.462 e. The SMILES string of the molecule is CCCCC/C=C\CCCCCCCC(=O)OCC(COC(=O)CCCCCCCCCCCCCCCCCCC)OC(=O)CCCCCCCCCCCCCCCCCC. The maximum absolute atomic E-state index is 12.8. The van der Waals surface area contributed by atoms with Crippen molar-refractivity contribution in [3.8, 4) is 0 Å². The van der Waals surface area contributed by atoms with Gasteiger partial charge in [0.2, 0.25) is 0 Å². The Labute approximate surface area is 392 Å². The van der Waals surface area contributed by atoms with Crippen LogP contribution in [0.25, 0.3) is 0 Å². The predicted molar refractivity (Wildman–Crippen MR) is 270 cm³/mol. The van der Waals surface area contributed by atoms with E-state index in [2.05, 4.69) is 32.9 Å². The van der Waals surface area contributed by atoms with E-state index in [0.29, 0.717) is 19.3 Å². The van der Waals surface area contributed by atoms with Gasteiger partial charge in [0, 0.05) is 19.3 Å². The first-order chi connectivity index (χ1) is 31.0. The zero-order chi connectivity index (χ0) is 45.8. The van der Waals surface area contributed by atoms with Gasteiger partial charge in [-0.25, -0.2) is 0 Å². The van der Waals surface area contributed by atoms with Crippen LogP contribution in [0.2, 0.25) is 0 Å². The van der Waals surface area contributed by atoms with Gasteiger partial charge in [-0.15, -0.1) is 0 Å². The van der Waals surface area contributed by atoms with Gasteiger partial charge in [-0.2, -0.15) is 0 Å². The van der Waals surface area contributed by atoms with Crippen LogP contribution >= 0.6 is 0 Å². The highest BCUT2D eigenvalue weighted by Gasteiger charge is 2.19. The minimum Gasteiger partial charge on any atom is -0.462 e. The summed E-state index contributed by atoms with van der Waals surface area (Å²) in [6.45, 7) is 6.66. The zero-order valence-electron chi connectivity index (χ0n) is 42.6. The molecule has 0 spiro atoms. The summed E-state index contributed by atoms with van der Waals surface area (Å²) in [5, 5.41) is 0. The maximum atomic E-state index is 12.8. The lowest BCUT2D eigenvalue weighted by Crippen LogP contribution is -2.30. The zero-order valence-corrected chi connectivity index (χ0v) is 42.6. The van der Waals surface area contributed by atoms with Crippen molar-refractivity contribution in [1.29, 1.82) is 0 Å². The predicted octanol–water partition coefficient (Wildman–Crippen LogP) is 18.5. The van der Waals surface area contributed by atoms with Crippen LogP contribution in [-0.4, -0.2) is 37.2 Å². The van der Waals surface area contributed by atoms with E-state index in [1.807, 2.05) is 0 Å². The van der Waals surface area contributed by atoms with Gasteiger partial charge < -0.3 is 14.2 Å². The summed E-state index contributed by atoms with van der Waals surface area (Å²) in [6.07, 6.45) is 59.1. The molecule has 0 radical (unpaired) electrons. The van der Waals surface area contributed by atoms with Gasteiger partial charge in [0.1, 0.15) is 13.2 Å². The molecular formula is C57H108O6. The molecule has 63 heavy (non-hydrogen) atoms. The van der Waals surface area contributed by atoms with E-state index in [4.69, 9.17) is 14.2 Å². The Hall–Kier alpha value is -1.85. The van der Waals surface area contributed by atoms with Crippen molar-refractivity contribution < 1.29 is 28.6 Å². The Bertz CT molecular complexity index is 978. The molecule has 0 saturated heterocycles. The third kappa shape index (κ3) is 51.0. The average Bonchev–Trinajstić information content (AvgIpc) is 3.28. The average molecular weight is 889 g/mol. The summed E-state index contributed by atoms with van der Waals surface area (Å²) in [7, 11) is 0. The molecule has 0 heterocycles. The lowest BCUT2D eigenvalue weighted by atomic mass is 10.0. The minimum atomic E-state index is -0.767. The second-order valence-electron chi connectivity index (χ2n) is 19.2. The summed E-state index contributed by atoms with van der Waals surface area (Å²) in [5.41, 5.74) is 0. The van der Waals surface area contributed by atoms with Crippen LogP contribution in [0, 0.1) is 0 Å². The number of carbonyl (C=O) groups excluding carboxylic acids is 3. The van der Waals surface area contributed by atoms with E-state index >= 15 is 0 Å². The van der Waals surface area contributed by atoms with Crippen LogP contribution in [-0.2, 0) is 28.6 Å². The molecule has 0 aromatic rings. The monoisotopic (exact) mass is 889 g/mol. The first kappa shape index (κ1) is 61.1. The molecule has 0 rings (SSSR count). The highest BCUT2D eigenvalue weighted by molar-refractivity contribution is 5.71. The summed E-state index contributed by atoms with van der Waals surface area (Å²) >= 11 is 0. The summed E-state index contributed by atoms with van der Waals surface area (Å²) < 4.78 is 16.9. The Kier molecular flexibility index (Phi) is 51.2. The summed E-state index contributed by atoms with van der Waals surface area (Å²) in [6, 6.07) is 0. The van der Waals surface area contributed by atoms with Crippen molar-refractivity contribution in [3.63, 3.8) is 0 Å². The standard InChI is InChI=1S/C57H108O6/c1-4-7-10-13-16-19-22-25-27-29-31-32-35-38-41-44-47-50-56(59)62-53-54(52-61-55(58)49-46-43-40-37-34-24-21-18-15-12-9-6-3)63-57(60)51-48-45-42-39-36-33-30-28-26-23-20-17-14-11-8-5-2/h18,21,54H,4-17,19-20,22-53H2,1-3H3/b21-18-. The molecule has 0 aliphatic rings. The molecule has 6 nitrogen and oxygen atoms in total. The van der Waals surface area contributed by atoms with E-state index in [9.17, 15) is 14.4 Å². The van der Waals surface area contributed by atoms with Crippen molar-refractivity contribution in [2.24, 2.45) is 0 Å². The number of ether oxygens (including phenoxy) is 3. The van der Waals surface area contributed by atoms with Crippen LogP contribution in [0.5, 0.6) is 0 Å². The molecule has 1 unspecified atom stereocenters. The van der Waals surface area contributed by atoms with E-state index in [-0.39, 0.29) is 31.1 Å². The highest BCUT2D eigenvalue weighted by Crippen LogP contribution is 2.17. The highest BCUT2D eigenvalue weighted by atomic mass is 16.6. The smallest absolute Gasteiger partial charge is 0.306 e. The van der Waals surface area contributed by atoms with Crippen LogP contribution in [0.4, 0.5) is 0 Å². The molecule has 0 aromatic heterocycles. The molecule has 0 aliphatic heterocycles. The van der Waals surface area contributed by atoms with E-state index in [1.165, 1.54) is 212 Å². The minimum absolute atomic E-state index is 0.0666. The number of hydrogen-bond donors (Lipinski definition) is 0. The molecule has 0 aliphatic carbocycles. The third-order valence-electron chi connectivity index (χ3n) is 12.8. The van der Waals surface area contributed by atoms with E-state index < -0.39 is 6.10 Å². The van der Waals surface area contributed by atoms with Gasteiger partial charge in [-0.05, 0) is 44.9 Å². The van der Waals surface area contributed by atoms with E-state index in [0.717, 1.165) is 64.2 Å². The quantitative estimate of drug-likeness (QED) is 0.0262. The maximum Gasteiger partial charge on any atom is 0.306 e. The summed E-state index contributed by atoms with van der Waals surface area (Å²) in [4.78, 5) is 38.1. The lowest BCUT2D eigenvalue weighted by molar-refractivity contribution is -0.167. The van der Waals surface area contributed by atoms with Gasteiger partial charge in [-0.1, -0.05) is 264 Å². The molecule has 0 saturated carbocycles. The molecular weight excluding hydrogens is 781 g/mol. The fourth-order valence-electron chi connectivity index (χ4n) is 8.50. The molecule has 1 atom stereocenters. The van der Waals surface area contributed by atoms with Crippen molar-refractivity contribution in [2.75, 3.05) is 13.2 Å². The number of hydrogen-bond acceptors (Lipinski definition) is 6. The summed E-state index contributed by atoms with van der Waals surface area (Å²) in [5.74, 6) is -0.853. The molecule has 0 N–H and O–H groups in total.